The predicted octanol–water partition coefficient (Wildman–Crippen LogP) is 4.88. The fourth-order valence-corrected chi connectivity index (χ4v) is 4.28. The van der Waals surface area contributed by atoms with Gasteiger partial charge in [0.1, 0.15) is 12.7 Å². The van der Waals surface area contributed by atoms with Crippen LogP contribution < -0.4 is 0 Å². The zero-order chi connectivity index (χ0) is 29.3. The maximum Gasteiger partial charge on any atom is 0.340 e. The Morgan fingerprint density at radius 1 is 0.476 bits per heavy atom. The van der Waals surface area contributed by atoms with Crippen LogP contribution in [-0.4, -0.2) is 55.1 Å². The maximum absolute atomic E-state index is 13.1. The summed E-state index contributed by atoms with van der Waals surface area (Å²) in [7, 11) is 0. The molecule has 1 heterocycles. The van der Waals surface area contributed by atoms with Gasteiger partial charge in [0, 0.05) is 0 Å². The summed E-state index contributed by atoms with van der Waals surface area (Å²) >= 11 is 0. The highest BCUT2D eigenvalue weighted by Gasteiger charge is 2.52. The number of rotatable bonds is 9. The minimum absolute atomic E-state index is 0.220. The Kier molecular flexibility index (Phi) is 9.00. The first-order valence-corrected chi connectivity index (χ1v) is 13.2. The van der Waals surface area contributed by atoms with E-state index in [2.05, 4.69) is 0 Å². The van der Waals surface area contributed by atoms with Gasteiger partial charge in [0.05, 0.1) is 22.3 Å². The van der Waals surface area contributed by atoms with Gasteiger partial charge in [-0.2, -0.15) is 0 Å². The molecule has 5 rings (SSSR count). The normalized spacial score (nSPS) is 19.3. The van der Waals surface area contributed by atoms with E-state index in [1.807, 2.05) is 0 Å². The van der Waals surface area contributed by atoms with Gasteiger partial charge in [-0.3, -0.25) is 0 Å². The van der Waals surface area contributed by atoms with Crippen molar-refractivity contribution in [3.05, 3.63) is 144 Å². The van der Waals surface area contributed by atoms with Gasteiger partial charge in [0.15, 0.2) is 6.10 Å². The van der Waals surface area contributed by atoms with Crippen LogP contribution in [0.2, 0.25) is 0 Å². The Balaban J connectivity index is 1.43. The van der Waals surface area contributed by atoms with E-state index in [-0.39, 0.29) is 23.3 Å². The Morgan fingerprint density at radius 3 is 1.26 bits per heavy atom. The van der Waals surface area contributed by atoms with Crippen LogP contribution in [0.1, 0.15) is 41.4 Å². The highest BCUT2D eigenvalue weighted by atomic mass is 16.8. The van der Waals surface area contributed by atoms with Crippen LogP contribution in [0.4, 0.5) is 0 Å². The summed E-state index contributed by atoms with van der Waals surface area (Å²) in [6, 6.07) is 32.8. The predicted molar refractivity (Wildman–Crippen MR) is 149 cm³/mol. The molecule has 0 N–H and O–H groups in total. The third-order valence-corrected chi connectivity index (χ3v) is 6.39. The molecule has 1 aliphatic rings. The first kappa shape index (κ1) is 28.3. The van der Waals surface area contributed by atoms with Crippen molar-refractivity contribution < 1.29 is 42.9 Å². The van der Waals surface area contributed by atoms with Gasteiger partial charge >= 0.3 is 23.9 Å². The molecule has 1 saturated heterocycles. The lowest BCUT2D eigenvalue weighted by Gasteiger charge is -2.24. The van der Waals surface area contributed by atoms with Crippen molar-refractivity contribution in [2.75, 3.05) is 6.61 Å². The summed E-state index contributed by atoms with van der Waals surface area (Å²) in [5, 5.41) is 0. The minimum atomic E-state index is -1.49. The quantitative estimate of drug-likeness (QED) is 0.207. The molecule has 0 aromatic heterocycles. The Morgan fingerprint density at radius 2 is 0.833 bits per heavy atom. The van der Waals surface area contributed by atoms with Crippen LogP contribution in [0.3, 0.4) is 0 Å². The molecule has 0 radical (unpaired) electrons. The SMILES string of the molecule is O=C(OC[C@H]1O[C@@H](OC(=O)c2ccccc2)[C@H](OC(=O)c2ccccc2)[C@H]1OC(=O)c1ccccc1)c1ccccc1. The van der Waals surface area contributed by atoms with Crippen LogP contribution in [0.5, 0.6) is 0 Å². The van der Waals surface area contributed by atoms with E-state index in [1.54, 1.807) is 121 Å². The Bertz CT molecular complexity index is 1510. The molecular formula is C33H26O9. The van der Waals surface area contributed by atoms with Gasteiger partial charge in [-0.1, -0.05) is 72.8 Å². The molecular weight excluding hydrogens is 540 g/mol. The van der Waals surface area contributed by atoms with E-state index in [9.17, 15) is 19.2 Å². The number of carbonyl (C=O) groups excluding carboxylic acids is 4. The van der Waals surface area contributed by atoms with Crippen molar-refractivity contribution >= 4 is 23.9 Å². The average Bonchev–Trinajstić information content (AvgIpc) is 3.35. The lowest BCUT2D eigenvalue weighted by Crippen LogP contribution is -2.42. The standard InChI is InChI=1S/C33H26O9/c34-29(22-13-5-1-6-14-22)38-21-26-27(40-30(35)23-15-7-2-8-16-23)28(41-31(36)24-17-9-3-10-18-24)33(39-26)42-32(37)25-19-11-4-12-20-25/h1-20,26-28,33H,21H2/t26-,27+,28-,33+/m1/s1. The lowest BCUT2D eigenvalue weighted by atomic mass is 10.1. The molecule has 4 atom stereocenters. The fourth-order valence-electron chi connectivity index (χ4n) is 4.28. The summed E-state index contributed by atoms with van der Waals surface area (Å²) in [5.74, 6) is -2.89. The summed E-state index contributed by atoms with van der Waals surface area (Å²) < 4.78 is 28.6. The van der Waals surface area contributed by atoms with Crippen LogP contribution >= 0.6 is 0 Å². The van der Waals surface area contributed by atoms with E-state index in [0.29, 0.717) is 5.56 Å². The van der Waals surface area contributed by atoms with Crippen molar-refractivity contribution in [3.63, 3.8) is 0 Å². The summed E-state index contributed by atoms with van der Waals surface area (Å²) in [4.78, 5) is 51.9. The van der Waals surface area contributed by atoms with E-state index in [1.165, 1.54) is 0 Å². The average molecular weight is 567 g/mol. The van der Waals surface area contributed by atoms with Crippen molar-refractivity contribution in [2.24, 2.45) is 0 Å². The van der Waals surface area contributed by atoms with Crippen LogP contribution in [0.15, 0.2) is 121 Å². The highest BCUT2D eigenvalue weighted by Crippen LogP contribution is 2.30. The first-order valence-electron chi connectivity index (χ1n) is 13.2. The molecule has 4 aromatic carbocycles. The third-order valence-electron chi connectivity index (χ3n) is 6.39. The van der Waals surface area contributed by atoms with E-state index >= 15 is 0 Å². The maximum atomic E-state index is 13.1. The number of benzene rings is 4. The smallest absolute Gasteiger partial charge is 0.340 e. The topological polar surface area (TPSA) is 114 Å². The van der Waals surface area contributed by atoms with E-state index < -0.39 is 48.5 Å². The van der Waals surface area contributed by atoms with Crippen molar-refractivity contribution in [1.82, 2.24) is 0 Å². The summed E-state index contributed by atoms with van der Waals surface area (Å²) in [6.45, 7) is -0.390. The molecule has 0 bridgehead atoms. The van der Waals surface area contributed by atoms with Crippen molar-refractivity contribution in [1.29, 1.82) is 0 Å². The first-order chi connectivity index (χ1) is 20.5. The molecule has 9 nitrogen and oxygen atoms in total. The molecule has 1 fully saturated rings. The second-order valence-electron chi connectivity index (χ2n) is 9.25. The molecule has 9 heteroatoms. The second-order valence-corrected chi connectivity index (χ2v) is 9.25. The van der Waals surface area contributed by atoms with Crippen LogP contribution in [-0.2, 0) is 23.7 Å². The zero-order valence-electron chi connectivity index (χ0n) is 22.2. The third kappa shape index (κ3) is 6.89. The van der Waals surface area contributed by atoms with Gasteiger partial charge in [-0.25, -0.2) is 19.2 Å². The molecule has 0 aliphatic carbocycles. The van der Waals surface area contributed by atoms with Gasteiger partial charge in [0.25, 0.3) is 0 Å². The second kappa shape index (κ2) is 13.4. The lowest BCUT2D eigenvalue weighted by molar-refractivity contribution is -0.141. The fraction of sp³-hybridized carbons (Fsp3) is 0.152. The number of esters is 4. The summed E-state index contributed by atoms with van der Waals surface area (Å²) in [6.07, 6.45) is -5.33. The molecule has 212 valence electrons. The Labute approximate surface area is 241 Å². The molecule has 42 heavy (non-hydrogen) atoms. The van der Waals surface area contributed by atoms with Crippen LogP contribution in [0, 0.1) is 0 Å². The monoisotopic (exact) mass is 566 g/mol. The molecule has 4 aromatic rings. The molecule has 1 aliphatic heterocycles. The van der Waals surface area contributed by atoms with Crippen molar-refractivity contribution in [2.45, 2.75) is 24.6 Å². The molecule has 0 unspecified atom stereocenters. The summed E-state index contributed by atoms with van der Waals surface area (Å²) in [5.41, 5.74) is 0.978. The van der Waals surface area contributed by atoms with Crippen LogP contribution in [0.25, 0.3) is 0 Å². The highest BCUT2D eigenvalue weighted by molar-refractivity contribution is 5.91. The van der Waals surface area contributed by atoms with E-state index in [4.69, 9.17) is 23.7 Å². The van der Waals surface area contributed by atoms with Crippen molar-refractivity contribution in [3.8, 4) is 0 Å². The number of hydrogen-bond donors (Lipinski definition) is 0. The Hall–Kier alpha value is -5.28. The van der Waals surface area contributed by atoms with Gasteiger partial charge in [0.2, 0.25) is 12.4 Å². The zero-order valence-corrected chi connectivity index (χ0v) is 22.2. The number of hydrogen-bond acceptors (Lipinski definition) is 9. The van der Waals surface area contributed by atoms with E-state index in [0.717, 1.165) is 0 Å². The molecule has 0 saturated carbocycles. The number of carbonyl (C=O) groups is 4. The largest absolute Gasteiger partial charge is 0.459 e. The van der Waals surface area contributed by atoms with Gasteiger partial charge in [-0.05, 0) is 48.5 Å². The number of ether oxygens (including phenoxy) is 5. The molecule has 0 amide bonds. The van der Waals surface area contributed by atoms with Gasteiger partial charge in [-0.15, -0.1) is 0 Å². The molecule has 0 spiro atoms. The minimum Gasteiger partial charge on any atom is -0.459 e. The van der Waals surface area contributed by atoms with Gasteiger partial charge < -0.3 is 23.7 Å².